The Morgan fingerprint density at radius 1 is 1.27 bits per heavy atom. The van der Waals surface area contributed by atoms with Crippen LogP contribution in [0.4, 0.5) is 5.69 Å². The first-order valence-electron chi connectivity index (χ1n) is 7.30. The first-order chi connectivity index (χ1) is 10.3. The van der Waals surface area contributed by atoms with Crippen LogP contribution in [0.1, 0.15) is 33.6 Å². The molecule has 0 aromatic carbocycles. The molecule has 1 aromatic rings. The van der Waals surface area contributed by atoms with Crippen molar-refractivity contribution in [2.45, 2.75) is 33.6 Å². The van der Waals surface area contributed by atoms with Gasteiger partial charge in [0.1, 0.15) is 11.1 Å². The minimum absolute atomic E-state index is 0.119. The van der Waals surface area contributed by atoms with Crippen LogP contribution in [0.25, 0.3) is 0 Å². The molecule has 0 aliphatic heterocycles. The average Bonchev–Trinajstić information content (AvgIpc) is 2.76. The maximum Gasteiger partial charge on any atom is 0.239 e. The molecule has 2 atom stereocenters. The van der Waals surface area contributed by atoms with Gasteiger partial charge in [0, 0.05) is 23.5 Å². The van der Waals surface area contributed by atoms with Crippen molar-refractivity contribution in [2.75, 3.05) is 5.32 Å². The molecule has 2 aliphatic carbocycles. The van der Waals surface area contributed by atoms with Crippen molar-refractivity contribution in [3.05, 3.63) is 24.5 Å². The first-order valence-corrected chi connectivity index (χ1v) is 7.30. The van der Waals surface area contributed by atoms with E-state index in [1.54, 1.807) is 24.5 Å². The smallest absolute Gasteiger partial charge is 0.239 e. The highest BCUT2D eigenvalue weighted by Crippen LogP contribution is 2.69. The predicted octanol–water partition coefficient (Wildman–Crippen LogP) is 2.25. The third-order valence-corrected chi connectivity index (χ3v) is 6.00. The molecule has 6 heteroatoms. The largest absolute Gasteiger partial charge is 0.411 e. The van der Waals surface area contributed by atoms with Crippen LogP contribution in [0.15, 0.2) is 29.7 Å². The van der Waals surface area contributed by atoms with Crippen molar-refractivity contribution in [3.8, 4) is 0 Å². The van der Waals surface area contributed by atoms with E-state index in [1.165, 1.54) is 0 Å². The zero-order chi connectivity index (χ0) is 16.2. The number of Topliss-reactive ketones (excluding diaryl/α,β-unsaturated/α-hetero) is 1. The molecule has 22 heavy (non-hydrogen) atoms. The maximum absolute atomic E-state index is 12.9. The van der Waals surface area contributed by atoms with Gasteiger partial charge in [0.2, 0.25) is 5.91 Å². The summed E-state index contributed by atoms with van der Waals surface area (Å²) in [6, 6.07) is 3.35. The molecule has 2 unspecified atom stereocenters. The number of ketones is 1. The summed E-state index contributed by atoms with van der Waals surface area (Å²) in [6.07, 6.45) is 4.27. The lowest BCUT2D eigenvalue weighted by atomic mass is 9.64. The number of aromatic nitrogens is 1. The Morgan fingerprint density at radius 3 is 2.45 bits per heavy atom. The van der Waals surface area contributed by atoms with Crippen molar-refractivity contribution >= 4 is 23.1 Å². The fraction of sp³-hybridized carbons (Fsp3) is 0.500. The van der Waals surface area contributed by atoms with Crippen LogP contribution in [0.2, 0.25) is 0 Å². The van der Waals surface area contributed by atoms with Crippen molar-refractivity contribution in [2.24, 2.45) is 21.4 Å². The topological polar surface area (TPSA) is 91.7 Å². The van der Waals surface area contributed by atoms with Crippen LogP contribution in [-0.4, -0.2) is 27.6 Å². The minimum atomic E-state index is -1.19. The van der Waals surface area contributed by atoms with Gasteiger partial charge in [-0.2, -0.15) is 0 Å². The van der Waals surface area contributed by atoms with Gasteiger partial charge >= 0.3 is 0 Å². The maximum atomic E-state index is 12.9. The van der Waals surface area contributed by atoms with E-state index in [2.05, 4.69) is 15.5 Å². The van der Waals surface area contributed by atoms with Gasteiger partial charge in [0.05, 0.1) is 0 Å². The summed E-state index contributed by atoms with van der Waals surface area (Å²) in [6.45, 7) is 5.71. The molecule has 0 spiro atoms. The second-order valence-electron chi connectivity index (χ2n) is 6.83. The summed E-state index contributed by atoms with van der Waals surface area (Å²) >= 11 is 0. The van der Waals surface area contributed by atoms with Gasteiger partial charge < -0.3 is 10.5 Å². The van der Waals surface area contributed by atoms with E-state index in [9.17, 15) is 14.8 Å². The van der Waals surface area contributed by atoms with Crippen LogP contribution in [-0.2, 0) is 9.59 Å². The number of nitrogens with one attached hydrogen (secondary N) is 1. The van der Waals surface area contributed by atoms with Crippen LogP contribution >= 0.6 is 0 Å². The van der Waals surface area contributed by atoms with Crippen molar-refractivity contribution in [1.29, 1.82) is 0 Å². The normalized spacial score (nSPS) is 34.1. The molecule has 2 saturated carbocycles. The van der Waals surface area contributed by atoms with E-state index >= 15 is 0 Å². The molecule has 2 N–H and O–H groups in total. The fourth-order valence-electron chi connectivity index (χ4n) is 4.13. The standard InChI is InChI=1S/C16H19N3O3/c1-14(2)15(3)6-7-16(14,12(20)11(15)19-22)13(21)18-10-4-8-17-9-5-10/h4-5,8-9,22H,6-7H2,1-3H3,(H,17,18,21). The lowest BCUT2D eigenvalue weighted by Gasteiger charge is -2.37. The van der Waals surface area contributed by atoms with Crippen LogP contribution in [0.5, 0.6) is 0 Å². The number of amides is 1. The monoisotopic (exact) mass is 301 g/mol. The zero-order valence-corrected chi connectivity index (χ0v) is 12.9. The average molecular weight is 301 g/mol. The Labute approximate surface area is 128 Å². The number of nitrogens with zero attached hydrogens (tertiary/aromatic N) is 2. The Kier molecular flexibility index (Phi) is 2.92. The summed E-state index contributed by atoms with van der Waals surface area (Å²) in [5, 5.41) is 15.3. The third kappa shape index (κ3) is 1.44. The molecule has 1 amide bonds. The van der Waals surface area contributed by atoms with Gasteiger partial charge in [-0.05, 0) is 30.4 Å². The first kappa shape index (κ1) is 14.7. The number of oxime groups is 1. The van der Waals surface area contributed by atoms with Crippen molar-refractivity contribution in [1.82, 2.24) is 4.98 Å². The molecule has 0 saturated heterocycles. The van der Waals surface area contributed by atoms with Crippen LogP contribution < -0.4 is 5.32 Å². The Morgan fingerprint density at radius 2 is 1.91 bits per heavy atom. The quantitative estimate of drug-likeness (QED) is 0.498. The number of hydrogen-bond acceptors (Lipinski definition) is 5. The van der Waals surface area contributed by atoms with E-state index in [0.29, 0.717) is 18.5 Å². The lowest BCUT2D eigenvalue weighted by molar-refractivity contribution is -0.140. The molecule has 0 radical (unpaired) electrons. The molecule has 6 nitrogen and oxygen atoms in total. The minimum Gasteiger partial charge on any atom is -0.411 e. The zero-order valence-electron chi connectivity index (χ0n) is 12.9. The summed E-state index contributed by atoms with van der Waals surface area (Å²) in [5.74, 6) is -0.698. The second-order valence-corrected chi connectivity index (χ2v) is 6.83. The molecule has 116 valence electrons. The Bertz CT molecular complexity index is 683. The summed E-state index contributed by atoms with van der Waals surface area (Å²) in [7, 11) is 0. The number of rotatable bonds is 2. The summed E-state index contributed by atoms with van der Waals surface area (Å²) in [4.78, 5) is 29.6. The molecular formula is C16H19N3O3. The molecule has 2 fully saturated rings. The van der Waals surface area contributed by atoms with Gasteiger partial charge in [0.25, 0.3) is 0 Å². The van der Waals surface area contributed by atoms with Crippen molar-refractivity contribution < 1.29 is 14.8 Å². The van der Waals surface area contributed by atoms with Gasteiger partial charge in [-0.1, -0.05) is 25.9 Å². The number of hydrogen-bond donors (Lipinski definition) is 2. The molecule has 3 rings (SSSR count). The van der Waals surface area contributed by atoms with Crippen LogP contribution in [0, 0.1) is 16.2 Å². The molecule has 2 bridgehead atoms. The number of pyridine rings is 1. The predicted molar refractivity (Wildman–Crippen MR) is 80.7 cm³/mol. The van der Waals surface area contributed by atoms with Gasteiger partial charge in [-0.15, -0.1) is 0 Å². The lowest BCUT2D eigenvalue weighted by Crippen LogP contribution is -2.47. The Balaban J connectivity index is 2.05. The molecule has 2 aliphatic rings. The van der Waals surface area contributed by atoms with Gasteiger partial charge in [-0.25, -0.2) is 0 Å². The fourth-order valence-corrected chi connectivity index (χ4v) is 4.13. The molecule has 1 aromatic heterocycles. The van der Waals surface area contributed by atoms with Crippen LogP contribution in [0.3, 0.4) is 0 Å². The highest BCUT2D eigenvalue weighted by Gasteiger charge is 2.76. The second kappa shape index (κ2) is 4.38. The van der Waals surface area contributed by atoms with E-state index in [4.69, 9.17) is 0 Å². The van der Waals surface area contributed by atoms with Gasteiger partial charge in [-0.3, -0.25) is 14.6 Å². The highest BCUT2D eigenvalue weighted by atomic mass is 16.4. The number of fused-ring (bicyclic) bond motifs is 2. The van der Waals surface area contributed by atoms with E-state index in [0.717, 1.165) is 0 Å². The summed E-state index contributed by atoms with van der Waals surface area (Å²) in [5.41, 5.74) is -1.67. The number of carbonyl (C=O) groups is 2. The number of carbonyl (C=O) groups excluding carboxylic acids is 2. The molecular weight excluding hydrogens is 282 g/mol. The molecule has 1 heterocycles. The SMILES string of the molecule is CC12CCC(C(=O)Nc3ccncc3)(C(=O)C1=NO)C2(C)C. The van der Waals surface area contributed by atoms with E-state index < -0.39 is 16.2 Å². The van der Waals surface area contributed by atoms with Gasteiger partial charge in [0.15, 0.2) is 5.78 Å². The Hall–Kier alpha value is -2.24. The van der Waals surface area contributed by atoms with E-state index in [-0.39, 0.29) is 17.4 Å². The third-order valence-electron chi connectivity index (χ3n) is 6.00. The number of anilines is 1. The van der Waals surface area contributed by atoms with Crippen molar-refractivity contribution in [3.63, 3.8) is 0 Å². The summed E-state index contributed by atoms with van der Waals surface area (Å²) < 4.78 is 0. The van der Waals surface area contributed by atoms with E-state index in [1.807, 2.05) is 20.8 Å². The highest BCUT2D eigenvalue weighted by molar-refractivity contribution is 6.51.